The van der Waals surface area contributed by atoms with E-state index >= 15 is 0 Å². The summed E-state index contributed by atoms with van der Waals surface area (Å²) in [6.07, 6.45) is 6.35. The molecule has 0 aliphatic carbocycles. The summed E-state index contributed by atoms with van der Waals surface area (Å²) in [6.45, 7) is 2.13. The summed E-state index contributed by atoms with van der Waals surface area (Å²) < 4.78 is 2.11. The number of aryl methyl sites for hydroxylation is 2. The lowest BCUT2D eigenvalue weighted by molar-refractivity contribution is -0.673. The van der Waals surface area contributed by atoms with Gasteiger partial charge in [0.2, 0.25) is 5.69 Å². The molecule has 1 aromatic carbocycles. The number of hydrogen-bond donors (Lipinski definition) is 0. The number of hydrogen-bond acceptors (Lipinski definition) is 0. The van der Waals surface area contributed by atoms with Crippen molar-refractivity contribution >= 4 is 12.2 Å². The van der Waals surface area contributed by atoms with Crippen LogP contribution in [0.3, 0.4) is 0 Å². The first kappa shape index (κ1) is 10.6. The van der Waals surface area contributed by atoms with Crippen LogP contribution in [0.4, 0.5) is 0 Å². The third kappa shape index (κ3) is 2.37. The Balaban J connectivity index is 2.29. The lowest BCUT2D eigenvalue weighted by Crippen LogP contribution is -2.30. The van der Waals surface area contributed by atoms with Crippen LogP contribution in [0.1, 0.15) is 16.8 Å². The molecule has 0 saturated carbocycles. The van der Waals surface area contributed by atoms with E-state index in [2.05, 4.69) is 73.3 Å². The first-order valence-electron chi connectivity index (χ1n) is 5.46. The van der Waals surface area contributed by atoms with Gasteiger partial charge < -0.3 is 0 Å². The molecule has 0 unspecified atom stereocenters. The van der Waals surface area contributed by atoms with Crippen LogP contribution in [0.5, 0.6) is 0 Å². The molecule has 0 spiro atoms. The lowest BCUT2D eigenvalue weighted by Gasteiger charge is -1.98. The number of nitrogens with zero attached hydrogens (tertiary/aromatic N) is 1. The maximum absolute atomic E-state index is 2.16. The summed E-state index contributed by atoms with van der Waals surface area (Å²) in [5.74, 6) is 0. The van der Waals surface area contributed by atoms with Gasteiger partial charge in [-0.3, -0.25) is 0 Å². The Hall–Kier alpha value is -1.89. The summed E-state index contributed by atoms with van der Waals surface area (Å²) >= 11 is 0. The zero-order valence-corrected chi connectivity index (χ0v) is 9.72. The Kier molecular flexibility index (Phi) is 3.16. The molecule has 1 heteroatoms. The van der Waals surface area contributed by atoms with Crippen LogP contribution in [0.2, 0.25) is 0 Å². The largest absolute Gasteiger partial charge is 0.204 e. The summed E-state index contributed by atoms with van der Waals surface area (Å²) in [5, 5.41) is 0. The van der Waals surface area contributed by atoms with Gasteiger partial charge in [-0.1, -0.05) is 24.3 Å². The topological polar surface area (TPSA) is 3.88 Å². The van der Waals surface area contributed by atoms with E-state index in [9.17, 15) is 0 Å². The van der Waals surface area contributed by atoms with Crippen LogP contribution in [0.25, 0.3) is 12.2 Å². The molecule has 0 aliphatic rings. The Morgan fingerprint density at radius 2 is 1.69 bits per heavy atom. The molecule has 0 fully saturated rings. The second-order valence-corrected chi connectivity index (χ2v) is 3.93. The molecule has 2 rings (SSSR count). The van der Waals surface area contributed by atoms with Crippen LogP contribution in [-0.4, -0.2) is 0 Å². The maximum atomic E-state index is 2.16. The third-order valence-electron chi connectivity index (χ3n) is 2.72. The molecule has 0 amide bonds. The fourth-order valence-corrected chi connectivity index (χ4v) is 1.66. The van der Waals surface area contributed by atoms with E-state index in [1.807, 2.05) is 6.07 Å². The van der Waals surface area contributed by atoms with E-state index in [0.29, 0.717) is 0 Å². The predicted molar refractivity (Wildman–Crippen MR) is 67.7 cm³/mol. The van der Waals surface area contributed by atoms with Crippen LogP contribution in [0.15, 0.2) is 48.7 Å². The first-order valence-corrected chi connectivity index (χ1v) is 5.46. The molecule has 1 aromatic heterocycles. The highest BCUT2D eigenvalue weighted by Gasteiger charge is 1.99. The van der Waals surface area contributed by atoms with Gasteiger partial charge >= 0.3 is 0 Å². The van der Waals surface area contributed by atoms with Crippen LogP contribution in [0, 0.1) is 6.92 Å². The van der Waals surface area contributed by atoms with Gasteiger partial charge in [0.25, 0.3) is 0 Å². The molecule has 0 saturated heterocycles. The van der Waals surface area contributed by atoms with E-state index in [1.165, 1.54) is 16.8 Å². The van der Waals surface area contributed by atoms with Crippen LogP contribution < -0.4 is 4.57 Å². The Bertz CT molecular complexity index is 465. The molecule has 2 aromatic rings. The summed E-state index contributed by atoms with van der Waals surface area (Å²) in [7, 11) is 2.05. The average molecular weight is 210 g/mol. The van der Waals surface area contributed by atoms with Gasteiger partial charge in [-0.15, -0.1) is 0 Å². The molecule has 0 radical (unpaired) electrons. The molecule has 1 nitrogen and oxygen atoms in total. The minimum Gasteiger partial charge on any atom is -0.202 e. The quantitative estimate of drug-likeness (QED) is 0.671. The van der Waals surface area contributed by atoms with E-state index in [1.54, 1.807) is 0 Å². The summed E-state index contributed by atoms with van der Waals surface area (Å²) in [4.78, 5) is 0. The average Bonchev–Trinajstić information content (AvgIpc) is 2.30. The molecule has 0 aliphatic heterocycles. The Morgan fingerprint density at radius 3 is 2.44 bits per heavy atom. The standard InChI is InChI=1S/C15H16N/c1-13-7-3-4-8-14(13)10-11-15-9-5-6-12-16(15)2/h3-12H,1-2H3/q+1/b11-10+. The van der Waals surface area contributed by atoms with Crippen molar-refractivity contribution in [2.45, 2.75) is 6.92 Å². The third-order valence-corrected chi connectivity index (χ3v) is 2.72. The fourth-order valence-electron chi connectivity index (χ4n) is 1.66. The molecule has 80 valence electrons. The highest BCUT2D eigenvalue weighted by molar-refractivity contribution is 5.68. The van der Waals surface area contributed by atoms with Gasteiger partial charge in [-0.25, -0.2) is 4.57 Å². The second kappa shape index (κ2) is 4.75. The van der Waals surface area contributed by atoms with Crippen LogP contribution in [-0.2, 0) is 7.05 Å². The van der Waals surface area contributed by atoms with Gasteiger partial charge in [0.1, 0.15) is 7.05 Å². The summed E-state index contributed by atoms with van der Waals surface area (Å²) in [5.41, 5.74) is 3.77. The van der Waals surface area contributed by atoms with Crippen molar-refractivity contribution in [2.24, 2.45) is 7.05 Å². The van der Waals surface area contributed by atoms with E-state index < -0.39 is 0 Å². The maximum Gasteiger partial charge on any atom is 0.204 e. The molecule has 0 N–H and O–H groups in total. The predicted octanol–water partition coefficient (Wildman–Crippen LogP) is 2.99. The highest BCUT2D eigenvalue weighted by atomic mass is 14.9. The van der Waals surface area contributed by atoms with Gasteiger partial charge in [-0.05, 0) is 30.2 Å². The van der Waals surface area contributed by atoms with E-state index in [4.69, 9.17) is 0 Å². The Morgan fingerprint density at radius 1 is 0.938 bits per heavy atom. The van der Waals surface area contributed by atoms with Crippen molar-refractivity contribution in [3.8, 4) is 0 Å². The van der Waals surface area contributed by atoms with Crippen molar-refractivity contribution in [1.29, 1.82) is 0 Å². The first-order chi connectivity index (χ1) is 7.77. The van der Waals surface area contributed by atoms with Crippen molar-refractivity contribution in [3.63, 3.8) is 0 Å². The SMILES string of the molecule is Cc1ccccc1/C=C/c1cccc[n+]1C. The number of benzene rings is 1. The molecular formula is C15H16N+. The minimum atomic E-state index is 1.20. The second-order valence-electron chi connectivity index (χ2n) is 3.93. The van der Waals surface area contributed by atoms with Gasteiger partial charge in [0, 0.05) is 18.2 Å². The molecule has 16 heavy (non-hydrogen) atoms. The van der Waals surface area contributed by atoms with Crippen molar-refractivity contribution in [1.82, 2.24) is 0 Å². The monoisotopic (exact) mass is 210 g/mol. The minimum absolute atomic E-state index is 1.20. The Labute approximate surface area is 96.7 Å². The molecule has 0 bridgehead atoms. The van der Waals surface area contributed by atoms with Crippen molar-refractivity contribution in [2.75, 3.05) is 0 Å². The molecule has 1 heterocycles. The number of aromatic nitrogens is 1. The smallest absolute Gasteiger partial charge is 0.202 e. The molecule has 0 atom stereocenters. The van der Waals surface area contributed by atoms with Gasteiger partial charge in [0.15, 0.2) is 6.20 Å². The zero-order valence-electron chi connectivity index (χ0n) is 9.72. The van der Waals surface area contributed by atoms with Crippen molar-refractivity contribution in [3.05, 3.63) is 65.5 Å². The number of rotatable bonds is 2. The van der Waals surface area contributed by atoms with Gasteiger partial charge in [0.05, 0.1) is 0 Å². The lowest BCUT2D eigenvalue weighted by atomic mass is 10.1. The number of pyridine rings is 1. The molecular weight excluding hydrogens is 194 g/mol. The zero-order chi connectivity index (χ0) is 11.4. The van der Waals surface area contributed by atoms with Crippen molar-refractivity contribution < 1.29 is 4.57 Å². The van der Waals surface area contributed by atoms with E-state index in [-0.39, 0.29) is 0 Å². The normalized spacial score (nSPS) is 10.9. The van der Waals surface area contributed by atoms with Crippen LogP contribution >= 0.6 is 0 Å². The van der Waals surface area contributed by atoms with E-state index in [0.717, 1.165) is 0 Å². The fraction of sp³-hybridized carbons (Fsp3) is 0.133. The van der Waals surface area contributed by atoms with Gasteiger partial charge in [-0.2, -0.15) is 0 Å². The summed E-state index contributed by atoms with van der Waals surface area (Å²) in [6, 6.07) is 14.6. The highest BCUT2D eigenvalue weighted by Crippen LogP contribution is 2.10.